The van der Waals surface area contributed by atoms with Crippen LogP contribution in [0.25, 0.3) is 0 Å². The van der Waals surface area contributed by atoms with E-state index in [0.717, 1.165) is 4.47 Å². The number of alkyl halides is 1. The van der Waals surface area contributed by atoms with E-state index in [9.17, 15) is 9.18 Å². The summed E-state index contributed by atoms with van der Waals surface area (Å²) in [4.78, 5) is 11.3. The number of carbonyl (C=O) groups is 1. The molecule has 1 unspecified atom stereocenters. The van der Waals surface area contributed by atoms with Gasteiger partial charge in [0.25, 0.3) is 0 Å². The standard InChI is InChI=1S/C12H13Br2FO/c1-7(2)12(16)10(14)6-8-5-9(13)3-4-11(8)15/h3-5,7,10H,6H2,1-2H3. The molecule has 1 nitrogen and oxygen atoms in total. The first-order valence-corrected chi connectivity index (χ1v) is 6.74. The number of halogens is 3. The third-order valence-corrected chi connectivity index (χ3v) is 3.55. The van der Waals surface area contributed by atoms with Crippen LogP contribution in [0.3, 0.4) is 0 Å². The molecule has 0 saturated carbocycles. The van der Waals surface area contributed by atoms with Crippen LogP contribution in [-0.4, -0.2) is 10.6 Å². The van der Waals surface area contributed by atoms with E-state index in [2.05, 4.69) is 31.9 Å². The average molecular weight is 352 g/mol. The van der Waals surface area contributed by atoms with Gasteiger partial charge in [-0.25, -0.2) is 4.39 Å². The summed E-state index contributed by atoms with van der Waals surface area (Å²) in [6.45, 7) is 3.68. The van der Waals surface area contributed by atoms with Crippen LogP contribution in [-0.2, 0) is 11.2 Å². The van der Waals surface area contributed by atoms with Gasteiger partial charge in [-0.3, -0.25) is 4.79 Å². The summed E-state index contributed by atoms with van der Waals surface area (Å²) in [7, 11) is 0. The van der Waals surface area contributed by atoms with E-state index in [1.807, 2.05) is 13.8 Å². The maximum atomic E-state index is 13.4. The summed E-state index contributed by atoms with van der Waals surface area (Å²) in [6.07, 6.45) is 0.377. The molecule has 1 aromatic carbocycles. The second-order valence-electron chi connectivity index (χ2n) is 3.96. The lowest BCUT2D eigenvalue weighted by atomic mass is 10.0. The summed E-state index contributed by atoms with van der Waals surface area (Å²) in [5, 5.41) is 0. The fourth-order valence-electron chi connectivity index (χ4n) is 1.36. The Kier molecular flexibility index (Phi) is 5.12. The zero-order valence-corrected chi connectivity index (χ0v) is 12.3. The van der Waals surface area contributed by atoms with Gasteiger partial charge in [-0.05, 0) is 30.2 Å². The number of hydrogen-bond donors (Lipinski definition) is 0. The highest BCUT2D eigenvalue weighted by Crippen LogP contribution is 2.20. The van der Waals surface area contributed by atoms with Crippen molar-refractivity contribution in [1.29, 1.82) is 0 Å². The Bertz CT molecular complexity index is 391. The van der Waals surface area contributed by atoms with Gasteiger partial charge in [-0.1, -0.05) is 45.7 Å². The molecule has 1 aromatic rings. The third-order valence-electron chi connectivity index (χ3n) is 2.28. The first-order valence-electron chi connectivity index (χ1n) is 5.03. The van der Waals surface area contributed by atoms with Gasteiger partial charge in [-0.15, -0.1) is 0 Å². The summed E-state index contributed by atoms with van der Waals surface area (Å²) in [5.41, 5.74) is 0.547. The Morgan fingerprint density at radius 3 is 2.62 bits per heavy atom. The number of rotatable bonds is 4. The smallest absolute Gasteiger partial charge is 0.149 e. The van der Waals surface area contributed by atoms with Crippen LogP contribution < -0.4 is 0 Å². The minimum Gasteiger partial charge on any atom is -0.298 e. The van der Waals surface area contributed by atoms with Crippen LogP contribution in [0.5, 0.6) is 0 Å². The van der Waals surface area contributed by atoms with Crippen LogP contribution >= 0.6 is 31.9 Å². The Balaban J connectivity index is 2.80. The number of Topliss-reactive ketones (excluding diaryl/α,β-unsaturated/α-hetero) is 1. The number of carbonyl (C=O) groups excluding carboxylic acids is 1. The molecule has 0 N–H and O–H groups in total. The van der Waals surface area contributed by atoms with E-state index < -0.39 is 0 Å². The molecule has 1 atom stereocenters. The molecule has 88 valence electrons. The highest BCUT2D eigenvalue weighted by Gasteiger charge is 2.19. The van der Waals surface area contributed by atoms with Crippen molar-refractivity contribution >= 4 is 37.6 Å². The van der Waals surface area contributed by atoms with Gasteiger partial charge >= 0.3 is 0 Å². The highest BCUT2D eigenvalue weighted by molar-refractivity contribution is 9.10. The summed E-state index contributed by atoms with van der Waals surface area (Å²) in [6, 6.07) is 4.75. The van der Waals surface area contributed by atoms with Crippen molar-refractivity contribution in [3.8, 4) is 0 Å². The van der Waals surface area contributed by atoms with E-state index in [0.29, 0.717) is 12.0 Å². The summed E-state index contributed by atoms with van der Waals surface area (Å²) >= 11 is 6.59. The van der Waals surface area contributed by atoms with Crippen LogP contribution in [0.1, 0.15) is 19.4 Å². The molecule has 0 aromatic heterocycles. The van der Waals surface area contributed by atoms with Crippen molar-refractivity contribution in [2.45, 2.75) is 25.1 Å². The molecule has 0 aliphatic heterocycles. The highest BCUT2D eigenvalue weighted by atomic mass is 79.9. The monoisotopic (exact) mass is 350 g/mol. The third kappa shape index (κ3) is 3.67. The molecule has 0 aliphatic carbocycles. The van der Waals surface area contributed by atoms with Gasteiger partial charge in [-0.2, -0.15) is 0 Å². The van der Waals surface area contributed by atoms with Crippen LogP contribution in [0.4, 0.5) is 4.39 Å². The number of benzene rings is 1. The van der Waals surface area contributed by atoms with E-state index >= 15 is 0 Å². The Labute approximate surface area is 112 Å². The summed E-state index contributed by atoms with van der Waals surface area (Å²) < 4.78 is 14.3. The van der Waals surface area contributed by atoms with Crippen molar-refractivity contribution in [3.05, 3.63) is 34.1 Å². The number of ketones is 1. The van der Waals surface area contributed by atoms with E-state index in [4.69, 9.17) is 0 Å². The molecule has 0 bridgehead atoms. The molecule has 0 heterocycles. The van der Waals surface area contributed by atoms with Gasteiger partial charge in [0.15, 0.2) is 0 Å². The molecular weight excluding hydrogens is 339 g/mol. The predicted molar refractivity (Wildman–Crippen MR) is 70.4 cm³/mol. The average Bonchev–Trinajstić information content (AvgIpc) is 2.22. The molecule has 0 radical (unpaired) electrons. The zero-order valence-electron chi connectivity index (χ0n) is 9.14. The molecule has 0 aliphatic rings. The molecule has 0 spiro atoms. The predicted octanol–water partition coefficient (Wildman–Crippen LogP) is 4.12. The fourth-order valence-corrected chi connectivity index (χ4v) is 2.64. The minimum atomic E-state index is -0.323. The van der Waals surface area contributed by atoms with E-state index in [1.165, 1.54) is 6.07 Å². The lowest BCUT2D eigenvalue weighted by Crippen LogP contribution is -2.22. The maximum absolute atomic E-state index is 13.4. The Morgan fingerprint density at radius 2 is 2.06 bits per heavy atom. The molecule has 16 heavy (non-hydrogen) atoms. The second-order valence-corrected chi connectivity index (χ2v) is 5.99. The molecular formula is C12H13Br2FO. The van der Waals surface area contributed by atoms with Crippen molar-refractivity contribution in [1.82, 2.24) is 0 Å². The first-order chi connectivity index (χ1) is 7.41. The van der Waals surface area contributed by atoms with Crippen molar-refractivity contribution in [3.63, 3.8) is 0 Å². The maximum Gasteiger partial charge on any atom is 0.149 e. The van der Waals surface area contributed by atoms with Crippen LogP contribution in [0.15, 0.2) is 22.7 Å². The van der Waals surface area contributed by atoms with Gasteiger partial charge < -0.3 is 0 Å². The van der Waals surface area contributed by atoms with Gasteiger partial charge in [0.05, 0.1) is 4.83 Å². The normalized spacial score (nSPS) is 12.9. The lowest BCUT2D eigenvalue weighted by Gasteiger charge is -2.12. The number of hydrogen-bond acceptors (Lipinski definition) is 1. The van der Waals surface area contributed by atoms with Gasteiger partial charge in [0.2, 0.25) is 0 Å². The van der Waals surface area contributed by atoms with Crippen LogP contribution in [0, 0.1) is 11.7 Å². The van der Waals surface area contributed by atoms with Gasteiger partial charge in [0, 0.05) is 10.4 Å². The molecule has 1 rings (SSSR count). The Hall–Kier alpha value is -0.220. The van der Waals surface area contributed by atoms with E-state index in [1.54, 1.807) is 12.1 Å². The van der Waals surface area contributed by atoms with Crippen molar-refractivity contribution in [2.24, 2.45) is 5.92 Å². The van der Waals surface area contributed by atoms with Crippen molar-refractivity contribution < 1.29 is 9.18 Å². The fraction of sp³-hybridized carbons (Fsp3) is 0.417. The second kappa shape index (κ2) is 5.92. The topological polar surface area (TPSA) is 17.1 Å². The molecule has 0 saturated heterocycles. The first kappa shape index (κ1) is 13.8. The Morgan fingerprint density at radius 1 is 1.44 bits per heavy atom. The van der Waals surface area contributed by atoms with Crippen molar-refractivity contribution in [2.75, 3.05) is 0 Å². The van der Waals surface area contributed by atoms with E-state index in [-0.39, 0.29) is 22.3 Å². The molecule has 0 fully saturated rings. The quantitative estimate of drug-likeness (QED) is 0.746. The minimum absolute atomic E-state index is 0.0420. The molecule has 4 heteroatoms. The lowest BCUT2D eigenvalue weighted by molar-refractivity contribution is -0.121. The van der Waals surface area contributed by atoms with Gasteiger partial charge in [0.1, 0.15) is 11.6 Å². The molecule has 0 amide bonds. The van der Waals surface area contributed by atoms with Crippen LogP contribution in [0.2, 0.25) is 0 Å². The SMILES string of the molecule is CC(C)C(=O)C(Br)Cc1cc(Br)ccc1F. The summed E-state index contributed by atoms with van der Waals surface area (Å²) in [5.74, 6) is -0.219. The largest absolute Gasteiger partial charge is 0.298 e. The zero-order chi connectivity index (χ0) is 12.3.